The summed E-state index contributed by atoms with van der Waals surface area (Å²) in [5.74, 6) is 0.113. The smallest absolute Gasteiger partial charge is 0.310 e. The zero-order valence-corrected chi connectivity index (χ0v) is 11.9. The highest BCUT2D eigenvalue weighted by Crippen LogP contribution is 2.26. The summed E-state index contributed by atoms with van der Waals surface area (Å²) in [5, 5.41) is 9.50. The molecule has 2 aromatic carbocycles. The van der Waals surface area contributed by atoms with Gasteiger partial charge in [0.05, 0.1) is 20.1 Å². The van der Waals surface area contributed by atoms with E-state index in [1.54, 1.807) is 12.1 Å². The van der Waals surface area contributed by atoms with Gasteiger partial charge in [0.15, 0.2) is 11.5 Å². The summed E-state index contributed by atoms with van der Waals surface area (Å²) in [6.45, 7) is 0.359. The summed E-state index contributed by atoms with van der Waals surface area (Å²) >= 11 is 0. The van der Waals surface area contributed by atoms with Crippen LogP contribution in [0.4, 0.5) is 0 Å². The minimum absolute atomic E-state index is 0.0543. The first-order valence-corrected chi connectivity index (χ1v) is 6.74. The topological polar surface area (TPSA) is 55.8 Å². The van der Waals surface area contributed by atoms with Crippen molar-refractivity contribution in [3.63, 3.8) is 0 Å². The fourth-order valence-electron chi connectivity index (χ4n) is 1.98. The number of ether oxygens (including phenoxy) is 2. The zero-order valence-electron chi connectivity index (χ0n) is 11.9. The predicted molar refractivity (Wildman–Crippen MR) is 79.5 cm³/mol. The molecule has 2 aromatic rings. The molecule has 0 saturated carbocycles. The summed E-state index contributed by atoms with van der Waals surface area (Å²) in [5.41, 5.74) is 1.88. The van der Waals surface area contributed by atoms with Crippen LogP contribution in [0.25, 0.3) is 0 Å². The van der Waals surface area contributed by atoms with E-state index in [0.29, 0.717) is 18.8 Å². The summed E-state index contributed by atoms with van der Waals surface area (Å²) in [7, 11) is 1.47. The van der Waals surface area contributed by atoms with Gasteiger partial charge in [0.25, 0.3) is 0 Å². The number of rotatable bonds is 6. The van der Waals surface area contributed by atoms with Crippen molar-refractivity contribution in [3.05, 3.63) is 59.7 Å². The van der Waals surface area contributed by atoms with Gasteiger partial charge in [-0.15, -0.1) is 0 Å². The Morgan fingerprint density at radius 1 is 1.10 bits per heavy atom. The van der Waals surface area contributed by atoms with E-state index in [-0.39, 0.29) is 18.1 Å². The number of carbonyl (C=O) groups excluding carboxylic acids is 1. The summed E-state index contributed by atoms with van der Waals surface area (Å²) in [6, 6.07) is 14.7. The first kappa shape index (κ1) is 14.9. The van der Waals surface area contributed by atoms with Crippen LogP contribution >= 0.6 is 0 Å². The Labute approximate surface area is 123 Å². The molecule has 0 spiro atoms. The van der Waals surface area contributed by atoms with E-state index in [2.05, 4.69) is 0 Å². The number of aromatic hydroxyl groups is 1. The third-order valence-corrected chi connectivity index (χ3v) is 3.09. The molecule has 0 fully saturated rings. The molecule has 0 bridgehead atoms. The van der Waals surface area contributed by atoms with Crippen LogP contribution in [0.1, 0.15) is 11.1 Å². The van der Waals surface area contributed by atoms with Crippen molar-refractivity contribution in [2.45, 2.75) is 12.8 Å². The van der Waals surface area contributed by atoms with Crippen LogP contribution < -0.4 is 4.74 Å². The van der Waals surface area contributed by atoms with Gasteiger partial charge in [0, 0.05) is 6.42 Å². The lowest BCUT2D eigenvalue weighted by molar-refractivity contribution is -0.142. The van der Waals surface area contributed by atoms with Gasteiger partial charge < -0.3 is 14.6 Å². The molecule has 1 N–H and O–H groups in total. The predicted octanol–water partition coefficient (Wildman–Crippen LogP) is 2.73. The highest BCUT2D eigenvalue weighted by atomic mass is 16.5. The Hall–Kier alpha value is -2.49. The molecule has 0 amide bonds. The van der Waals surface area contributed by atoms with Crippen LogP contribution in [-0.2, 0) is 22.4 Å². The molecule has 0 aliphatic carbocycles. The van der Waals surface area contributed by atoms with E-state index >= 15 is 0 Å². The number of esters is 1. The number of phenols is 1. The fourth-order valence-corrected chi connectivity index (χ4v) is 1.98. The average molecular weight is 286 g/mol. The van der Waals surface area contributed by atoms with Gasteiger partial charge in [0.1, 0.15) is 0 Å². The molecule has 2 rings (SSSR count). The van der Waals surface area contributed by atoms with Crippen LogP contribution in [0.3, 0.4) is 0 Å². The molecular weight excluding hydrogens is 268 g/mol. The molecule has 4 nitrogen and oxygen atoms in total. The Bertz CT molecular complexity index is 593. The molecule has 0 saturated heterocycles. The molecular formula is C17H18O4. The van der Waals surface area contributed by atoms with Gasteiger partial charge in [-0.1, -0.05) is 36.4 Å². The molecule has 0 unspecified atom stereocenters. The maximum absolute atomic E-state index is 11.8. The van der Waals surface area contributed by atoms with Crippen molar-refractivity contribution in [2.24, 2.45) is 0 Å². The number of benzene rings is 2. The summed E-state index contributed by atoms with van der Waals surface area (Å²) < 4.78 is 10.2. The quantitative estimate of drug-likeness (QED) is 0.830. The van der Waals surface area contributed by atoms with E-state index in [9.17, 15) is 9.90 Å². The highest BCUT2D eigenvalue weighted by molar-refractivity contribution is 5.73. The van der Waals surface area contributed by atoms with Crippen molar-refractivity contribution in [3.8, 4) is 11.5 Å². The molecule has 4 heteroatoms. The van der Waals surface area contributed by atoms with Crippen molar-refractivity contribution in [1.82, 2.24) is 0 Å². The largest absolute Gasteiger partial charge is 0.504 e. The van der Waals surface area contributed by atoms with Gasteiger partial charge in [0.2, 0.25) is 0 Å². The lowest BCUT2D eigenvalue weighted by atomic mass is 10.1. The Morgan fingerprint density at radius 2 is 1.86 bits per heavy atom. The number of carbonyl (C=O) groups is 1. The second kappa shape index (κ2) is 7.33. The third kappa shape index (κ3) is 4.53. The van der Waals surface area contributed by atoms with Crippen LogP contribution in [0.5, 0.6) is 11.5 Å². The number of hydrogen-bond donors (Lipinski definition) is 1. The minimum atomic E-state index is -0.293. The molecule has 0 aromatic heterocycles. The fraction of sp³-hybridized carbons (Fsp3) is 0.235. The first-order valence-electron chi connectivity index (χ1n) is 6.74. The van der Waals surface area contributed by atoms with Gasteiger partial charge in [-0.3, -0.25) is 4.79 Å². The summed E-state index contributed by atoms with van der Waals surface area (Å²) in [4.78, 5) is 11.8. The standard InChI is InChI=1S/C17H18O4/c1-20-16-11-14(7-8-15(16)18)12-17(19)21-10-9-13-5-3-2-4-6-13/h2-8,11,18H,9-10,12H2,1H3. The van der Waals surface area contributed by atoms with Crippen LogP contribution in [-0.4, -0.2) is 24.8 Å². The highest BCUT2D eigenvalue weighted by Gasteiger charge is 2.08. The van der Waals surface area contributed by atoms with E-state index in [4.69, 9.17) is 9.47 Å². The lowest BCUT2D eigenvalue weighted by Gasteiger charge is -2.07. The van der Waals surface area contributed by atoms with E-state index in [1.165, 1.54) is 13.2 Å². The number of phenolic OH excluding ortho intramolecular Hbond substituents is 1. The van der Waals surface area contributed by atoms with E-state index in [1.807, 2.05) is 30.3 Å². The minimum Gasteiger partial charge on any atom is -0.504 e. The lowest BCUT2D eigenvalue weighted by Crippen LogP contribution is -2.10. The number of hydrogen-bond acceptors (Lipinski definition) is 4. The molecule has 0 atom stereocenters. The second-order valence-electron chi connectivity index (χ2n) is 4.64. The van der Waals surface area contributed by atoms with E-state index < -0.39 is 0 Å². The Kier molecular flexibility index (Phi) is 5.21. The van der Waals surface area contributed by atoms with Gasteiger partial charge in [-0.25, -0.2) is 0 Å². The normalized spacial score (nSPS) is 10.1. The van der Waals surface area contributed by atoms with Gasteiger partial charge in [-0.2, -0.15) is 0 Å². The van der Waals surface area contributed by atoms with Crippen molar-refractivity contribution < 1.29 is 19.4 Å². The summed E-state index contributed by atoms with van der Waals surface area (Å²) in [6.07, 6.45) is 0.858. The van der Waals surface area contributed by atoms with Gasteiger partial charge >= 0.3 is 5.97 Å². The molecule has 0 aliphatic rings. The second-order valence-corrected chi connectivity index (χ2v) is 4.64. The third-order valence-electron chi connectivity index (χ3n) is 3.09. The Balaban J connectivity index is 1.82. The molecule has 110 valence electrons. The van der Waals surface area contributed by atoms with Crippen LogP contribution in [0.2, 0.25) is 0 Å². The SMILES string of the molecule is COc1cc(CC(=O)OCCc2ccccc2)ccc1O. The van der Waals surface area contributed by atoms with Crippen molar-refractivity contribution in [2.75, 3.05) is 13.7 Å². The van der Waals surface area contributed by atoms with Crippen LogP contribution in [0, 0.1) is 0 Å². The molecule has 0 heterocycles. The maximum atomic E-state index is 11.8. The van der Waals surface area contributed by atoms with Gasteiger partial charge in [-0.05, 0) is 23.3 Å². The maximum Gasteiger partial charge on any atom is 0.310 e. The number of methoxy groups -OCH3 is 1. The van der Waals surface area contributed by atoms with Crippen molar-refractivity contribution >= 4 is 5.97 Å². The molecule has 21 heavy (non-hydrogen) atoms. The Morgan fingerprint density at radius 3 is 2.57 bits per heavy atom. The first-order chi connectivity index (χ1) is 10.2. The molecule has 0 radical (unpaired) electrons. The van der Waals surface area contributed by atoms with E-state index in [0.717, 1.165) is 11.1 Å². The average Bonchev–Trinajstić information content (AvgIpc) is 2.50. The van der Waals surface area contributed by atoms with Crippen molar-refractivity contribution in [1.29, 1.82) is 0 Å². The zero-order chi connectivity index (χ0) is 15.1. The monoisotopic (exact) mass is 286 g/mol. The molecule has 0 aliphatic heterocycles. The van der Waals surface area contributed by atoms with Crippen LogP contribution in [0.15, 0.2) is 48.5 Å².